The van der Waals surface area contributed by atoms with Crippen molar-refractivity contribution in [3.05, 3.63) is 11.6 Å². The third-order valence-electron chi connectivity index (χ3n) is 3.14. The van der Waals surface area contributed by atoms with E-state index in [4.69, 9.17) is 0 Å². The lowest BCUT2D eigenvalue weighted by atomic mass is 10.7. The van der Waals surface area contributed by atoms with E-state index in [0.717, 1.165) is 22.0 Å². The van der Waals surface area contributed by atoms with Crippen LogP contribution in [0.25, 0.3) is 0 Å². The molecule has 0 spiro atoms. The Morgan fingerprint density at radius 2 is 1.17 bits per heavy atom. The maximum absolute atomic E-state index is 4.46. The lowest BCUT2D eigenvalue weighted by molar-refractivity contribution is -0.716. The molecule has 2 aromatic heterocycles. The molecule has 0 aromatic carbocycles. The Kier molecular flexibility index (Phi) is 3.67. The van der Waals surface area contributed by atoms with Crippen LogP contribution >= 0.6 is 21.6 Å². The summed E-state index contributed by atoms with van der Waals surface area (Å²) in [6.45, 7) is 4.10. The van der Waals surface area contributed by atoms with Crippen molar-refractivity contribution in [1.29, 1.82) is 0 Å². The summed E-state index contributed by atoms with van der Waals surface area (Å²) < 4.78 is 7.92. The third kappa shape index (κ3) is 2.26. The van der Waals surface area contributed by atoms with Crippen LogP contribution in [0.3, 0.4) is 0 Å². The van der Waals surface area contributed by atoms with Gasteiger partial charge in [-0.05, 0) is 0 Å². The van der Waals surface area contributed by atoms with Gasteiger partial charge in [0.15, 0.2) is 0 Å². The van der Waals surface area contributed by atoms with Crippen molar-refractivity contribution in [2.24, 2.45) is 28.2 Å². The van der Waals surface area contributed by atoms with Crippen LogP contribution in [0.2, 0.25) is 0 Å². The van der Waals surface area contributed by atoms with Crippen LogP contribution < -0.4 is 9.13 Å². The Morgan fingerprint density at radius 3 is 1.39 bits per heavy atom. The molecule has 0 saturated carbocycles. The van der Waals surface area contributed by atoms with Crippen molar-refractivity contribution < 1.29 is 9.13 Å². The van der Waals surface area contributed by atoms with Crippen molar-refractivity contribution in [3.63, 3.8) is 0 Å². The molecule has 8 heteroatoms. The highest BCUT2D eigenvalue weighted by Crippen LogP contribution is 2.31. The van der Waals surface area contributed by atoms with Crippen LogP contribution in [0.1, 0.15) is 11.6 Å². The van der Waals surface area contributed by atoms with Crippen LogP contribution in [0.5, 0.6) is 0 Å². The van der Waals surface area contributed by atoms with Gasteiger partial charge >= 0.3 is 10.3 Å². The molecule has 98 valence electrons. The fraction of sp³-hybridized carbons (Fsp3) is 0.600. The summed E-state index contributed by atoms with van der Waals surface area (Å²) in [6.07, 6.45) is 0. The van der Waals surface area contributed by atoms with E-state index in [-0.39, 0.29) is 0 Å². The summed E-state index contributed by atoms with van der Waals surface area (Å²) in [5.74, 6) is 2.25. The smallest absolute Gasteiger partial charge is 0.225 e. The van der Waals surface area contributed by atoms with E-state index in [1.54, 1.807) is 21.6 Å². The van der Waals surface area contributed by atoms with E-state index in [0.29, 0.717) is 0 Å². The summed E-state index contributed by atoms with van der Waals surface area (Å²) in [6, 6.07) is 0. The molecular weight excluding hydrogens is 268 g/mol. The lowest BCUT2D eigenvalue weighted by Crippen LogP contribution is -2.33. The van der Waals surface area contributed by atoms with E-state index >= 15 is 0 Å². The first-order valence-corrected chi connectivity index (χ1v) is 7.70. The first-order valence-electron chi connectivity index (χ1n) is 5.55. The molecule has 0 amide bonds. The molecule has 0 aliphatic carbocycles. The van der Waals surface area contributed by atoms with Crippen LogP contribution in [0.15, 0.2) is 10.3 Å². The summed E-state index contributed by atoms with van der Waals surface area (Å²) in [7, 11) is 11.2. The number of hydrogen-bond acceptors (Lipinski definition) is 4. The van der Waals surface area contributed by atoms with Gasteiger partial charge in [-0.1, -0.05) is 0 Å². The maximum atomic E-state index is 4.46. The van der Waals surface area contributed by atoms with Crippen LogP contribution in [0, 0.1) is 13.8 Å². The summed E-state index contributed by atoms with van der Waals surface area (Å²) in [5.41, 5.74) is 0. The summed E-state index contributed by atoms with van der Waals surface area (Å²) in [5, 5.41) is 10.9. The number of aromatic nitrogens is 6. The van der Waals surface area contributed by atoms with Crippen LogP contribution in [-0.2, 0) is 28.2 Å². The molecule has 0 fully saturated rings. The fourth-order valence-electron chi connectivity index (χ4n) is 1.47. The van der Waals surface area contributed by atoms with E-state index < -0.39 is 0 Å². The van der Waals surface area contributed by atoms with Gasteiger partial charge < -0.3 is 0 Å². The maximum Gasteiger partial charge on any atom is 0.347 e. The standard InChI is InChI=1S/C10H18N6S2/c1-7-13(3)9(11-15(7)5)17-18-10-12-16(6)8(2)14(10)4/h1-6H3/q+2. The summed E-state index contributed by atoms with van der Waals surface area (Å²) >= 11 is 0. The molecule has 6 nitrogen and oxygen atoms in total. The number of rotatable bonds is 3. The van der Waals surface area contributed by atoms with Gasteiger partial charge in [0.05, 0.1) is 38.4 Å². The Morgan fingerprint density at radius 1 is 0.833 bits per heavy atom. The molecule has 18 heavy (non-hydrogen) atoms. The molecular formula is C10H18N6S2+2. The zero-order valence-corrected chi connectivity index (χ0v) is 13.1. The number of nitrogens with zero attached hydrogens (tertiary/aromatic N) is 6. The second kappa shape index (κ2) is 4.93. The van der Waals surface area contributed by atoms with Crippen LogP contribution in [0.4, 0.5) is 0 Å². The Hall–Kier alpha value is -1.02. The molecule has 0 atom stereocenters. The molecule has 0 unspecified atom stereocenters. The zero-order valence-electron chi connectivity index (χ0n) is 11.5. The topological polar surface area (TPSA) is 43.4 Å². The average Bonchev–Trinajstić information content (AvgIpc) is 2.72. The van der Waals surface area contributed by atoms with Crippen molar-refractivity contribution in [2.45, 2.75) is 24.2 Å². The predicted octanol–water partition coefficient (Wildman–Crippen LogP) is 0.219. The molecule has 0 aliphatic heterocycles. The minimum atomic E-state index is 0.975. The minimum absolute atomic E-state index is 0.975. The zero-order chi connectivity index (χ0) is 13.4. The molecule has 2 heterocycles. The molecule has 0 N–H and O–H groups in total. The van der Waals surface area contributed by atoms with Crippen molar-refractivity contribution in [3.8, 4) is 0 Å². The highest BCUT2D eigenvalue weighted by Gasteiger charge is 2.23. The monoisotopic (exact) mass is 286 g/mol. The number of aryl methyl sites for hydroxylation is 2. The second-order valence-corrected chi connectivity index (χ2v) is 6.26. The lowest BCUT2D eigenvalue weighted by Gasteiger charge is -1.92. The number of hydrogen-bond donors (Lipinski definition) is 0. The SMILES string of the molecule is Cc1n(C)nc(SSc2nn(C)c(C)[n+]2C)[n+]1C. The van der Waals surface area contributed by atoms with Crippen molar-refractivity contribution >= 4 is 21.6 Å². The predicted molar refractivity (Wildman–Crippen MR) is 70.0 cm³/mol. The molecule has 2 rings (SSSR count). The highest BCUT2D eigenvalue weighted by atomic mass is 33.1. The molecule has 0 saturated heterocycles. The molecule has 0 aliphatic rings. The van der Waals surface area contributed by atoms with E-state index in [1.165, 1.54) is 0 Å². The van der Waals surface area contributed by atoms with Crippen molar-refractivity contribution in [1.82, 2.24) is 19.6 Å². The van der Waals surface area contributed by atoms with E-state index in [2.05, 4.69) is 19.3 Å². The Labute approximate surface area is 114 Å². The normalized spacial score (nSPS) is 11.2. The van der Waals surface area contributed by atoms with Gasteiger partial charge in [0.2, 0.25) is 11.6 Å². The molecule has 0 bridgehead atoms. The second-order valence-electron chi connectivity index (χ2n) is 4.19. The first kappa shape index (κ1) is 13.4. The van der Waals surface area contributed by atoms with E-state index in [9.17, 15) is 0 Å². The highest BCUT2D eigenvalue weighted by molar-refractivity contribution is 8.76. The van der Waals surface area contributed by atoms with Gasteiger partial charge in [0.1, 0.15) is 0 Å². The summed E-state index contributed by atoms with van der Waals surface area (Å²) in [4.78, 5) is 0. The van der Waals surface area contributed by atoms with Gasteiger partial charge in [-0.3, -0.25) is 0 Å². The Balaban J connectivity index is 2.16. The first-order chi connectivity index (χ1) is 8.41. The fourth-order valence-corrected chi connectivity index (χ4v) is 3.73. The molecule has 0 radical (unpaired) electrons. The largest absolute Gasteiger partial charge is 0.347 e. The van der Waals surface area contributed by atoms with Gasteiger partial charge in [0, 0.05) is 35.4 Å². The minimum Gasteiger partial charge on any atom is -0.225 e. The van der Waals surface area contributed by atoms with Gasteiger partial charge in [-0.15, -0.1) is 9.36 Å². The Bertz CT molecular complexity index is 533. The quantitative estimate of drug-likeness (QED) is 0.598. The van der Waals surface area contributed by atoms with E-state index in [1.807, 2.05) is 51.4 Å². The van der Waals surface area contributed by atoms with Gasteiger partial charge in [-0.2, -0.15) is 0 Å². The third-order valence-corrected chi connectivity index (χ3v) is 5.38. The molecule has 2 aromatic rings. The van der Waals surface area contributed by atoms with Crippen molar-refractivity contribution in [2.75, 3.05) is 0 Å². The van der Waals surface area contributed by atoms with Gasteiger partial charge in [-0.25, -0.2) is 9.13 Å². The van der Waals surface area contributed by atoms with Crippen LogP contribution in [-0.4, -0.2) is 19.6 Å². The van der Waals surface area contributed by atoms with Gasteiger partial charge in [0.25, 0.3) is 0 Å². The average molecular weight is 286 g/mol.